The van der Waals surface area contributed by atoms with E-state index in [9.17, 15) is 5.11 Å². The summed E-state index contributed by atoms with van der Waals surface area (Å²) in [5.41, 5.74) is 6.76. The molecule has 14 heavy (non-hydrogen) atoms. The molecule has 1 saturated carbocycles. The number of hydrogen-bond acceptors (Lipinski definition) is 3. The molecule has 1 aliphatic rings. The summed E-state index contributed by atoms with van der Waals surface area (Å²) in [5.74, 6) is 0.246. The molecule has 2 atom stereocenters. The molecule has 1 aromatic rings. The minimum Gasteiger partial charge on any atom is -0.508 e. The van der Waals surface area contributed by atoms with Crippen LogP contribution in [0, 0.1) is 0 Å². The van der Waals surface area contributed by atoms with Crippen LogP contribution in [-0.4, -0.2) is 16.3 Å². The van der Waals surface area contributed by atoms with Crippen LogP contribution in [0.15, 0.2) is 24.3 Å². The lowest BCUT2D eigenvalue weighted by Gasteiger charge is -2.24. The fourth-order valence-electron chi connectivity index (χ4n) is 2.10. The summed E-state index contributed by atoms with van der Waals surface area (Å²) in [6, 6.07) is 6.92. The van der Waals surface area contributed by atoms with E-state index in [-0.39, 0.29) is 11.9 Å². The maximum Gasteiger partial charge on any atom is 0.115 e. The molecule has 0 spiro atoms. The maximum atomic E-state index is 9.45. The van der Waals surface area contributed by atoms with Gasteiger partial charge in [0.2, 0.25) is 0 Å². The zero-order valence-corrected chi connectivity index (χ0v) is 7.98. The smallest absolute Gasteiger partial charge is 0.115 e. The molecule has 1 fully saturated rings. The van der Waals surface area contributed by atoms with Crippen LogP contribution in [0.4, 0.5) is 0 Å². The van der Waals surface area contributed by atoms with Crippen LogP contribution in [0.25, 0.3) is 0 Å². The van der Waals surface area contributed by atoms with Gasteiger partial charge in [0.1, 0.15) is 5.75 Å². The van der Waals surface area contributed by atoms with Gasteiger partial charge in [0.15, 0.2) is 0 Å². The summed E-state index contributed by atoms with van der Waals surface area (Å²) in [6.45, 7) is 0. The second kappa shape index (κ2) is 3.26. The zero-order chi connectivity index (χ0) is 10.2. The van der Waals surface area contributed by atoms with Gasteiger partial charge in [0.25, 0.3) is 0 Å². The Balaban J connectivity index is 2.26. The van der Waals surface area contributed by atoms with E-state index >= 15 is 0 Å². The van der Waals surface area contributed by atoms with E-state index < -0.39 is 5.54 Å². The Morgan fingerprint density at radius 1 is 1.29 bits per heavy atom. The third-order valence-corrected chi connectivity index (χ3v) is 2.97. The summed E-state index contributed by atoms with van der Waals surface area (Å²) in [5, 5.41) is 18.6. The van der Waals surface area contributed by atoms with E-state index in [2.05, 4.69) is 0 Å². The quantitative estimate of drug-likeness (QED) is 0.625. The van der Waals surface area contributed by atoms with Crippen LogP contribution >= 0.6 is 0 Å². The number of phenols is 1. The number of nitrogens with two attached hydrogens (primary N) is 1. The molecule has 3 heteroatoms. The summed E-state index contributed by atoms with van der Waals surface area (Å²) >= 11 is 0. The highest BCUT2D eigenvalue weighted by Gasteiger charge is 2.36. The van der Waals surface area contributed by atoms with Gasteiger partial charge in [-0.25, -0.2) is 0 Å². The highest BCUT2D eigenvalue weighted by molar-refractivity contribution is 5.31. The molecule has 0 heterocycles. The molecule has 1 aliphatic carbocycles. The predicted molar refractivity (Wildman–Crippen MR) is 53.8 cm³/mol. The second-order valence-electron chi connectivity index (χ2n) is 4.10. The molecule has 0 amide bonds. The lowest BCUT2D eigenvalue weighted by molar-refractivity contribution is 0.174. The van der Waals surface area contributed by atoms with Crippen molar-refractivity contribution in [2.24, 2.45) is 5.73 Å². The van der Waals surface area contributed by atoms with Gasteiger partial charge in [0.05, 0.1) is 6.10 Å². The maximum absolute atomic E-state index is 9.45. The first-order chi connectivity index (χ1) is 6.60. The van der Waals surface area contributed by atoms with Crippen molar-refractivity contribution < 1.29 is 10.2 Å². The van der Waals surface area contributed by atoms with Crippen molar-refractivity contribution in [2.45, 2.75) is 30.9 Å². The molecule has 0 bridgehead atoms. The van der Waals surface area contributed by atoms with Gasteiger partial charge in [-0.2, -0.15) is 0 Å². The van der Waals surface area contributed by atoms with E-state index in [4.69, 9.17) is 10.8 Å². The van der Waals surface area contributed by atoms with Crippen LogP contribution in [0.3, 0.4) is 0 Å². The molecule has 76 valence electrons. The summed E-state index contributed by atoms with van der Waals surface area (Å²) in [6.07, 6.45) is 1.89. The Labute approximate surface area is 83.2 Å². The minimum atomic E-state index is -0.410. The van der Waals surface area contributed by atoms with Crippen LogP contribution in [-0.2, 0) is 5.54 Å². The molecule has 2 unspecified atom stereocenters. The van der Waals surface area contributed by atoms with Gasteiger partial charge >= 0.3 is 0 Å². The van der Waals surface area contributed by atoms with E-state index in [1.807, 2.05) is 12.1 Å². The first-order valence-corrected chi connectivity index (χ1v) is 4.87. The van der Waals surface area contributed by atoms with Crippen molar-refractivity contribution in [1.82, 2.24) is 0 Å². The first-order valence-electron chi connectivity index (χ1n) is 4.87. The Kier molecular flexibility index (Phi) is 2.21. The number of aliphatic hydroxyl groups excluding tert-OH is 1. The van der Waals surface area contributed by atoms with Crippen molar-refractivity contribution in [2.75, 3.05) is 0 Å². The van der Waals surface area contributed by atoms with Crippen LogP contribution < -0.4 is 5.73 Å². The summed E-state index contributed by atoms with van der Waals surface area (Å²) in [4.78, 5) is 0. The summed E-state index contributed by atoms with van der Waals surface area (Å²) < 4.78 is 0. The second-order valence-corrected chi connectivity index (χ2v) is 4.10. The van der Waals surface area contributed by atoms with Crippen molar-refractivity contribution >= 4 is 0 Å². The fraction of sp³-hybridized carbons (Fsp3) is 0.455. The molecule has 0 aromatic heterocycles. The Bertz CT molecular complexity index is 323. The third-order valence-electron chi connectivity index (χ3n) is 2.97. The number of hydrogen-bond donors (Lipinski definition) is 3. The monoisotopic (exact) mass is 193 g/mol. The minimum absolute atomic E-state index is 0.246. The van der Waals surface area contributed by atoms with Gasteiger partial charge in [-0.15, -0.1) is 0 Å². The normalized spacial score (nSPS) is 32.0. The van der Waals surface area contributed by atoms with Gasteiger partial charge in [-0.05, 0) is 37.0 Å². The van der Waals surface area contributed by atoms with E-state index in [0.717, 1.165) is 18.4 Å². The van der Waals surface area contributed by atoms with Gasteiger partial charge in [-0.1, -0.05) is 12.1 Å². The van der Waals surface area contributed by atoms with Gasteiger partial charge < -0.3 is 15.9 Å². The Hall–Kier alpha value is -1.06. The Morgan fingerprint density at radius 2 is 1.93 bits per heavy atom. The highest BCUT2D eigenvalue weighted by Crippen LogP contribution is 2.36. The average Bonchev–Trinajstić information content (AvgIpc) is 2.48. The molecule has 2 rings (SSSR count). The first kappa shape index (κ1) is 9.49. The largest absolute Gasteiger partial charge is 0.508 e. The van der Waals surface area contributed by atoms with Crippen molar-refractivity contribution in [3.05, 3.63) is 29.8 Å². The molecular weight excluding hydrogens is 178 g/mol. The van der Waals surface area contributed by atoms with Gasteiger partial charge in [0, 0.05) is 5.54 Å². The number of benzene rings is 1. The molecule has 0 saturated heterocycles. The average molecular weight is 193 g/mol. The Morgan fingerprint density at radius 3 is 2.43 bits per heavy atom. The molecule has 0 aliphatic heterocycles. The van der Waals surface area contributed by atoms with Crippen molar-refractivity contribution in [1.29, 1.82) is 0 Å². The van der Waals surface area contributed by atoms with E-state index in [1.54, 1.807) is 12.1 Å². The van der Waals surface area contributed by atoms with Crippen LogP contribution in [0.2, 0.25) is 0 Å². The lowest BCUT2D eigenvalue weighted by atomic mass is 9.89. The standard InChI is InChI=1S/C11H15NO2/c12-11(6-5-10(14)7-11)8-1-3-9(13)4-2-8/h1-4,10,13-14H,5-7,12H2. The summed E-state index contributed by atoms with van der Waals surface area (Å²) in [7, 11) is 0. The lowest BCUT2D eigenvalue weighted by Crippen LogP contribution is -2.34. The van der Waals surface area contributed by atoms with Crippen LogP contribution in [0.5, 0.6) is 5.75 Å². The molecule has 1 aromatic carbocycles. The molecule has 3 nitrogen and oxygen atoms in total. The topological polar surface area (TPSA) is 66.5 Å². The third kappa shape index (κ3) is 1.61. The van der Waals surface area contributed by atoms with E-state index in [0.29, 0.717) is 6.42 Å². The van der Waals surface area contributed by atoms with Gasteiger partial charge in [-0.3, -0.25) is 0 Å². The number of aromatic hydroxyl groups is 1. The van der Waals surface area contributed by atoms with Crippen molar-refractivity contribution in [3.63, 3.8) is 0 Å². The molecule has 0 radical (unpaired) electrons. The zero-order valence-electron chi connectivity index (χ0n) is 7.98. The fourth-order valence-corrected chi connectivity index (χ4v) is 2.10. The SMILES string of the molecule is NC1(c2ccc(O)cc2)CCC(O)C1. The molecule has 4 N–H and O–H groups in total. The predicted octanol–water partition coefficient (Wildman–Crippen LogP) is 1.09. The van der Waals surface area contributed by atoms with Crippen LogP contribution in [0.1, 0.15) is 24.8 Å². The highest BCUT2D eigenvalue weighted by atomic mass is 16.3. The number of rotatable bonds is 1. The van der Waals surface area contributed by atoms with E-state index in [1.165, 1.54) is 0 Å². The number of aliphatic hydroxyl groups is 1. The van der Waals surface area contributed by atoms with Crippen molar-refractivity contribution in [3.8, 4) is 5.75 Å². The number of phenolic OH excluding ortho intramolecular Hbond substituents is 1. The molecular formula is C11H15NO2.